The Kier molecular flexibility index (Phi) is 4.86. The maximum Gasteiger partial charge on any atom is 0.274 e. The van der Waals surface area contributed by atoms with Gasteiger partial charge in [0.1, 0.15) is 13.1 Å². The minimum atomic E-state index is 0.279. The Labute approximate surface area is 153 Å². The number of anilines is 1. The minimum Gasteiger partial charge on any atom is -0.361 e. The quantitative estimate of drug-likeness (QED) is 0.770. The molecule has 1 aromatic carbocycles. The number of hydrogen-bond donors (Lipinski definition) is 1. The third-order valence-corrected chi connectivity index (χ3v) is 5.18. The summed E-state index contributed by atoms with van der Waals surface area (Å²) in [4.78, 5) is 23.4. The first-order valence-electron chi connectivity index (χ1n) is 9.36. The van der Waals surface area contributed by atoms with Gasteiger partial charge < -0.3 is 9.88 Å². The molecule has 0 bridgehead atoms. The molecule has 0 radical (unpaired) electrons. The van der Waals surface area contributed by atoms with Crippen molar-refractivity contribution in [2.45, 2.75) is 19.3 Å². The van der Waals surface area contributed by atoms with Crippen molar-refractivity contribution < 1.29 is 9.78 Å². The van der Waals surface area contributed by atoms with Crippen LogP contribution in [0.3, 0.4) is 0 Å². The number of fused-ring (bicyclic) bond motifs is 1. The summed E-state index contributed by atoms with van der Waals surface area (Å²) in [5.74, 6) is 1.40. The van der Waals surface area contributed by atoms with E-state index in [4.69, 9.17) is 0 Å². The first kappa shape index (κ1) is 16.6. The summed E-state index contributed by atoms with van der Waals surface area (Å²) in [6.45, 7) is 3.37. The van der Waals surface area contributed by atoms with Crippen LogP contribution in [0.1, 0.15) is 18.4 Å². The highest BCUT2D eigenvalue weighted by Gasteiger charge is 2.25. The number of nitrogens with one attached hydrogen (secondary N) is 2. The standard InChI is InChI=1S/C21H24N4O/c26-21(10-5-6-17-16-23-19-8-2-1-7-18(17)19)25-14-12-24(13-15-25)20-9-3-4-11-22-20/h1-4,7-9,11,16,23H,5-6,10,12-15H2/p+1. The molecule has 1 aliphatic heterocycles. The Hall–Kier alpha value is -2.82. The number of benzene rings is 1. The van der Waals surface area contributed by atoms with Gasteiger partial charge in [0, 0.05) is 29.6 Å². The predicted molar refractivity (Wildman–Crippen MR) is 103 cm³/mol. The summed E-state index contributed by atoms with van der Waals surface area (Å²) in [6.07, 6.45) is 6.47. The number of piperazine rings is 1. The van der Waals surface area contributed by atoms with Crippen LogP contribution in [0.15, 0.2) is 54.9 Å². The highest BCUT2D eigenvalue weighted by Crippen LogP contribution is 2.20. The molecular weight excluding hydrogens is 324 g/mol. The van der Waals surface area contributed by atoms with Crippen LogP contribution in [0.2, 0.25) is 0 Å². The SMILES string of the molecule is O=C(CCCc1c[nH]c2ccccc12)N1CCN(c2cccc[nH+]2)CC1. The summed E-state index contributed by atoms with van der Waals surface area (Å²) in [6, 6.07) is 14.4. The number of amides is 1. The van der Waals surface area contributed by atoms with E-state index in [0.717, 1.165) is 44.8 Å². The second kappa shape index (κ2) is 7.60. The van der Waals surface area contributed by atoms with E-state index in [1.165, 1.54) is 16.5 Å². The molecule has 3 heterocycles. The monoisotopic (exact) mass is 349 g/mol. The van der Waals surface area contributed by atoms with Crippen LogP contribution in [0.4, 0.5) is 5.82 Å². The van der Waals surface area contributed by atoms with E-state index in [2.05, 4.69) is 45.3 Å². The van der Waals surface area contributed by atoms with Crippen molar-refractivity contribution in [2.75, 3.05) is 31.1 Å². The van der Waals surface area contributed by atoms with Crippen molar-refractivity contribution in [3.8, 4) is 0 Å². The maximum absolute atomic E-state index is 12.5. The highest BCUT2D eigenvalue weighted by molar-refractivity contribution is 5.83. The number of carbonyl (C=O) groups is 1. The molecular formula is C21H25N4O+. The number of aromatic amines is 2. The molecule has 26 heavy (non-hydrogen) atoms. The molecule has 1 aliphatic rings. The molecule has 0 unspecified atom stereocenters. The van der Waals surface area contributed by atoms with Crippen molar-refractivity contribution in [3.05, 3.63) is 60.4 Å². The molecule has 0 atom stereocenters. The zero-order valence-electron chi connectivity index (χ0n) is 14.9. The van der Waals surface area contributed by atoms with Crippen molar-refractivity contribution in [3.63, 3.8) is 0 Å². The van der Waals surface area contributed by atoms with Crippen LogP contribution in [-0.2, 0) is 11.2 Å². The minimum absolute atomic E-state index is 0.279. The van der Waals surface area contributed by atoms with Gasteiger partial charge in [0.05, 0.1) is 19.3 Å². The van der Waals surface area contributed by atoms with Crippen molar-refractivity contribution in [1.82, 2.24) is 9.88 Å². The fraction of sp³-hybridized carbons (Fsp3) is 0.333. The lowest BCUT2D eigenvalue weighted by atomic mass is 10.1. The Morgan fingerprint density at radius 1 is 1.04 bits per heavy atom. The van der Waals surface area contributed by atoms with Gasteiger partial charge in [0.2, 0.25) is 5.91 Å². The van der Waals surface area contributed by atoms with E-state index < -0.39 is 0 Å². The van der Waals surface area contributed by atoms with Gasteiger partial charge in [0.15, 0.2) is 0 Å². The lowest BCUT2D eigenvalue weighted by Crippen LogP contribution is -2.50. The Morgan fingerprint density at radius 2 is 1.85 bits per heavy atom. The molecule has 3 aromatic rings. The number of rotatable bonds is 5. The fourth-order valence-corrected chi connectivity index (χ4v) is 3.70. The molecule has 4 rings (SSSR count). The number of para-hydroxylation sites is 1. The Balaban J connectivity index is 1.26. The second-order valence-electron chi connectivity index (χ2n) is 6.83. The zero-order chi connectivity index (χ0) is 17.8. The van der Waals surface area contributed by atoms with Gasteiger partial charge in [-0.2, -0.15) is 0 Å². The average molecular weight is 349 g/mol. The molecule has 0 saturated carbocycles. The first-order chi connectivity index (χ1) is 12.8. The number of H-pyrrole nitrogens is 2. The average Bonchev–Trinajstić information content (AvgIpc) is 3.12. The van der Waals surface area contributed by atoms with E-state index in [0.29, 0.717) is 6.42 Å². The number of nitrogens with zero attached hydrogens (tertiary/aromatic N) is 2. The third-order valence-electron chi connectivity index (χ3n) is 5.18. The van der Waals surface area contributed by atoms with Crippen molar-refractivity contribution >= 4 is 22.6 Å². The van der Waals surface area contributed by atoms with Crippen molar-refractivity contribution in [2.24, 2.45) is 0 Å². The van der Waals surface area contributed by atoms with Gasteiger partial charge in [-0.1, -0.05) is 24.3 Å². The number of carbonyl (C=O) groups excluding carboxylic acids is 1. The molecule has 1 saturated heterocycles. The van der Waals surface area contributed by atoms with Crippen LogP contribution in [-0.4, -0.2) is 42.0 Å². The van der Waals surface area contributed by atoms with E-state index in [1.807, 2.05) is 29.3 Å². The molecule has 1 amide bonds. The number of hydrogen-bond acceptors (Lipinski definition) is 2. The molecule has 2 N–H and O–H groups in total. The van der Waals surface area contributed by atoms with Gasteiger partial charge in [-0.05, 0) is 30.5 Å². The van der Waals surface area contributed by atoms with Gasteiger partial charge >= 0.3 is 0 Å². The van der Waals surface area contributed by atoms with Crippen LogP contribution in [0, 0.1) is 0 Å². The smallest absolute Gasteiger partial charge is 0.274 e. The number of pyridine rings is 1. The van der Waals surface area contributed by atoms with Crippen molar-refractivity contribution in [1.29, 1.82) is 0 Å². The summed E-state index contributed by atoms with van der Waals surface area (Å²) in [7, 11) is 0. The highest BCUT2D eigenvalue weighted by atomic mass is 16.2. The molecule has 5 nitrogen and oxygen atoms in total. The van der Waals surface area contributed by atoms with E-state index in [-0.39, 0.29) is 5.91 Å². The van der Waals surface area contributed by atoms with Crippen LogP contribution in [0.5, 0.6) is 0 Å². The Bertz CT molecular complexity index is 866. The summed E-state index contributed by atoms with van der Waals surface area (Å²) in [5.41, 5.74) is 2.47. The Morgan fingerprint density at radius 3 is 2.65 bits per heavy atom. The normalized spacial score (nSPS) is 14.8. The zero-order valence-corrected chi connectivity index (χ0v) is 14.9. The van der Waals surface area contributed by atoms with E-state index in [1.54, 1.807) is 0 Å². The largest absolute Gasteiger partial charge is 0.361 e. The topological polar surface area (TPSA) is 53.5 Å². The number of aromatic nitrogens is 2. The second-order valence-corrected chi connectivity index (χ2v) is 6.83. The van der Waals surface area contributed by atoms with E-state index >= 15 is 0 Å². The molecule has 2 aromatic heterocycles. The van der Waals surface area contributed by atoms with E-state index in [9.17, 15) is 4.79 Å². The molecule has 1 fully saturated rings. The molecule has 0 aliphatic carbocycles. The van der Waals surface area contributed by atoms with Crippen LogP contribution in [0.25, 0.3) is 10.9 Å². The number of aryl methyl sites for hydroxylation is 1. The lowest BCUT2D eigenvalue weighted by Gasteiger charge is -2.31. The maximum atomic E-state index is 12.5. The van der Waals surface area contributed by atoms with Crippen LogP contribution < -0.4 is 9.88 Å². The molecule has 0 spiro atoms. The van der Waals surface area contributed by atoms with Crippen LogP contribution >= 0.6 is 0 Å². The first-order valence-corrected chi connectivity index (χ1v) is 9.36. The third kappa shape index (κ3) is 3.57. The molecule has 134 valence electrons. The predicted octanol–water partition coefficient (Wildman–Crippen LogP) is 2.65. The summed E-state index contributed by atoms with van der Waals surface area (Å²) < 4.78 is 0. The van der Waals surface area contributed by atoms with Gasteiger partial charge in [0.25, 0.3) is 5.82 Å². The molecule has 5 heteroatoms. The van der Waals surface area contributed by atoms with Gasteiger partial charge in [-0.3, -0.25) is 9.69 Å². The summed E-state index contributed by atoms with van der Waals surface area (Å²) >= 11 is 0. The summed E-state index contributed by atoms with van der Waals surface area (Å²) in [5, 5.41) is 1.27. The van der Waals surface area contributed by atoms with Gasteiger partial charge in [-0.15, -0.1) is 0 Å². The van der Waals surface area contributed by atoms with Gasteiger partial charge in [-0.25, -0.2) is 4.98 Å². The lowest BCUT2D eigenvalue weighted by molar-refractivity contribution is -0.364. The fourth-order valence-electron chi connectivity index (χ4n) is 3.70.